The Labute approximate surface area is 202 Å². The van der Waals surface area contributed by atoms with Gasteiger partial charge in [-0.15, -0.1) is 34.8 Å². The number of nitrogens with one attached hydrogen (secondary N) is 1. The Kier molecular flexibility index (Phi) is 7.75. The summed E-state index contributed by atoms with van der Waals surface area (Å²) in [5.74, 6) is -3.91. The first-order valence-electron chi connectivity index (χ1n) is 9.30. The third-order valence-corrected chi connectivity index (χ3v) is 6.87. The van der Waals surface area contributed by atoms with Crippen LogP contribution in [0.1, 0.15) is 41.1 Å². The number of anilines is 1. The van der Waals surface area contributed by atoms with Crippen molar-refractivity contribution >= 4 is 75.4 Å². The number of rotatable bonds is 8. The number of amides is 1. The first-order chi connectivity index (χ1) is 14.6. The maximum absolute atomic E-state index is 15.0. The van der Waals surface area contributed by atoms with E-state index in [9.17, 15) is 18.4 Å². The fourth-order valence-electron chi connectivity index (χ4n) is 3.39. The highest BCUT2D eigenvalue weighted by molar-refractivity contribution is 6.53. The fraction of sp³-hybridized carbons (Fsp3) is 0.333. The molecule has 0 saturated heterocycles. The fourth-order valence-corrected chi connectivity index (χ4v) is 4.85. The minimum atomic E-state index is -1.48. The molecule has 0 heterocycles. The minimum absolute atomic E-state index is 0.0549. The van der Waals surface area contributed by atoms with Gasteiger partial charge in [-0.3, -0.25) is 9.59 Å². The molecule has 1 aliphatic rings. The highest BCUT2D eigenvalue weighted by atomic mass is 35.5. The zero-order chi connectivity index (χ0) is 22.9. The van der Waals surface area contributed by atoms with Crippen LogP contribution in [0.5, 0.6) is 0 Å². The molecular weight excluding hydrogens is 513 g/mol. The van der Waals surface area contributed by atoms with Crippen LogP contribution in [-0.4, -0.2) is 21.9 Å². The predicted molar refractivity (Wildman–Crippen MR) is 121 cm³/mol. The van der Waals surface area contributed by atoms with E-state index >= 15 is 0 Å². The van der Waals surface area contributed by atoms with Crippen molar-refractivity contribution < 1.29 is 18.4 Å². The van der Waals surface area contributed by atoms with Gasteiger partial charge in [-0.1, -0.05) is 29.3 Å². The molecular formula is C21H16Cl5F2NO2. The van der Waals surface area contributed by atoms with Crippen molar-refractivity contribution in [2.75, 3.05) is 11.2 Å². The summed E-state index contributed by atoms with van der Waals surface area (Å²) >= 11 is 29.9. The number of benzene rings is 2. The van der Waals surface area contributed by atoms with Gasteiger partial charge in [0.1, 0.15) is 10.2 Å². The van der Waals surface area contributed by atoms with Gasteiger partial charge in [-0.2, -0.15) is 0 Å². The molecule has 0 bridgehead atoms. The largest absolute Gasteiger partial charge is 0.323 e. The number of alkyl halides is 3. The molecule has 1 fully saturated rings. The van der Waals surface area contributed by atoms with Crippen molar-refractivity contribution in [1.82, 2.24) is 0 Å². The molecule has 1 saturated carbocycles. The van der Waals surface area contributed by atoms with Crippen molar-refractivity contribution in [3.8, 4) is 0 Å². The SMILES string of the molecule is O=C(CCCCCl)c1c(Cl)ccc(NC(=O)[C@H]2[C@H](c3ccc(F)c(Cl)c3)C2(Cl)Cl)c1F. The summed E-state index contributed by atoms with van der Waals surface area (Å²) < 4.78 is 26.9. The summed E-state index contributed by atoms with van der Waals surface area (Å²) in [4.78, 5) is 25.1. The van der Waals surface area contributed by atoms with Crippen LogP contribution in [-0.2, 0) is 4.79 Å². The van der Waals surface area contributed by atoms with E-state index in [0.29, 0.717) is 24.3 Å². The number of halogens is 7. The normalized spacial score (nSPS) is 19.2. The van der Waals surface area contributed by atoms with Crippen LogP contribution >= 0.6 is 58.0 Å². The second kappa shape index (κ2) is 9.80. The summed E-state index contributed by atoms with van der Waals surface area (Å²) in [6, 6.07) is 6.50. The van der Waals surface area contributed by atoms with Gasteiger partial charge in [0.2, 0.25) is 5.91 Å². The number of hydrogen-bond donors (Lipinski definition) is 1. The van der Waals surface area contributed by atoms with Crippen LogP contribution in [0.15, 0.2) is 30.3 Å². The second-order valence-electron chi connectivity index (χ2n) is 7.15. The molecule has 166 valence electrons. The number of Topliss-reactive ketones (excluding diaryl/α,β-unsaturated/α-hetero) is 1. The van der Waals surface area contributed by atoms with E-state index in [1.165, 1.54) is 24.3 Å². The van der Waals surface area contributed by atoms with Gasteiger partial charge < -0.3 is 5.32 Å². The summed E-state index contributed by atoms with van der Waals surface area (Å²) in [6.07, 6.45) is 1.16. The third kappa shape index (κ3) is 5.12. The monoisotopic (exact) mass is 527 g/mol. The molecule has 0 unspecified atom stereocenters. The van der Waals surface area contributed by atoms with Crippen LogP contribution < -0.4 is 5.32 Å². The standard InChI is InChI=1S/C21H16Cl5F2NO2/c22-8-2-1-3-15(30)16-11(23)5-7-14(19(16)28)29-20(31)18-17(21(18,25)26)10-4-6-13(27)12(24)9-10/h4-7,9,17-18H,1-3,8H2,(H,29,31)/t17-,18+/m0/s1. The summed E-state index contributed by atoms with van der Waals surface area (Å²) in [5.41, 5.74) is -0.0417. The Morgan fingerprint density at radius 3 is 2.39 bits per heavy atom. The first-order valence-corrected chi connectivity index (χ1v) is 11.3. The number of ketones is 1. The summed E-state index contributed by atoms with van der Waals surface area (Å²) in [6.45, 7) is 0. The molecule has 1 N–H and O–H groups in total. The van der Waals surface area contributed by atoms with E-state index in [2.05, 4.69) is 5.32 Å². The lowest BCUT2D eigenvalue weighted by Crippen LogP contribution is -2.19. The third-order valence-electron chi connectivity index (χ3n) is 5.05. The highest BCUT2D eigenvalue weighted by Crippen LogP contribution is 2.65. The topological polar surface area (TPSA) is 46.2 Å². The molecule has 1 amide bonds. The molecule has 3 nitrogen and oxygen atoms in total. The van der Waals surface area contributed by atoms with Gasteiger partial charge in [0.25, 0.3) is 0 Å². The quantitative estimate of drug-likeness (QED) is 0.220. The van der Waals surface area contributed by atoms with E-state index in [-0.39, 0.29) is 27.7 Å². The van der Waals surface area contributed by atoms with Gasteiger partial charge in [0.15, 0.2) is 11.6 Å². The van der Waals surface area contributed by atoms with Crippen LogP contribution in [0.25, 0.3) is 0 Å². The van der Waals surface area contributed by atoms with E-state index in [4.69, 9.17) is 58.0 Å². The van der Waals surface area contributed by atoms with Crippen LogP contribution in [0.2, 0.25) is 10.0 Å². The molecule has 0 aromatic heterocycles. The summed E-state index contributed by atoms with van der Waals surface area (Å²) in [7, 11) is 0. The number of hydrogen-bond acceptors (Lipinski definition) is 2. The Balaban J connectivity index is 1.79. The van der Waals surface area contributed by atoms with E-state index in [0.717, 1.165) is 6.07 Å². The smallest absolute Gasteiger partial charge is 0.231 e. The molecule has 0 radical (unpaired) electrons. The minimum Gasteiger partial charge on any atom is -0.323 e. The maximum atomic E-state index is 15.0. The molecule has 1 aliphatic carbocycles. The molecule has 2 atom stereocenters. The van der Waals surface area contributed by atoms with Crippen molar-refractivity contribution in [3.63, 3.8) is 0 Å². The van der Waals surface area contributed by atoms with Crippen molar-refractivity contribution in [2.45, 2.75) is 29.5 Å². The van der Waals surface area contributed by atoms with Crippen LogP contribution in [0.3, 0.4) is 0 Å². The van der Waals surface area contributed by atoms with E-state index in [1.807, 2.05) is 0 Å². The van der Waals surface area contributed by atoms with Crippen LogP contribution in [0.4, 0.5) is 14.5 Å². The van der Waals surface area contributed by atoms with Gasteiger partial charge in [0, 0.05) is 18.2 Å². The van der Waals surface area contributed by atoms with Crippen LogP contribution in [0, 0.1) is 17.6 Å². The molecule has 10 heteroatoms. The van der Waals surface area contributed by atoms with E-state index in [1.54, 1.807) is 0 Å². The lowest BCUT2D eigenvalue weighted by Gasteiger charge is -2.11. The Morgan fingerprint density at radius 1 is 1.03 bits per heavy atom. The average Bonchev–Trinajstić information content (AvgIpc) is 3.28. The number of unbranched alkanes of at least 4 members (excludes halogenated alkanes) is 1. The Hall–Kier alpha value is -1.11. The van der Waals surface area contributed by atoms with Crippen molar-refractivity contribution in [1.29, 1.82) is 0 Å². The zero-order valence-electron chi connectivity index (χ0n) is 15.8. The van der Waals surface area contributed by atoms with Gasteiger partial charge in [-0.25, -0.2) is 8.78 Å². The molecule has 2 aromatic rings. The summed E-state index contributed by atoms with van der Waals surface area (Å²) in [5, 5.41) is 2.24. The second-order valence-corrected chi connectivity index (χ2v) is 9.78. The van der Waals surface area contributed by atoms with Gasteiger partial charge in [-0.05, 0) is 42.7 Å². The van der Waals surface area contributed by atoms with Crippen molar-refractivity contribution in [3.05, 3.63) is 63.1 Å². The molecule has 2 aromatic carbocycles. The molecule has 0 aliphatic heterocycles. The molecule has 0 spiro atoms. The molecule has 3 rings (SSSR count). The van der Waals surface area contributed by atoms with Gasteiger partial charge in [0.05, 0.1) is 27.2 Å². The lowest BCUT2D eigenvalue weighted by atomic mass is 10.0. The average molecular weight is 530 g/mol. The Morgan fingerprint density at radius 2 is 1.74 bits per heavy atom. The lowest BCUT2D eigenvalue weighted by molar-refractivity contribution is -0.117. The van der Waals surface area contributed by atoms with Crippen molar-refractivity contribution in [2.24, 2.45) is 5.92 Å². The molecule has 31 heavy (non-hydrogen) atoms. The first kappa shape index (κ1) is 24.5. The highest BCUT2D eigenvalue weighted by Gasteiger charge is 2.67. The van der Waals surface area contributed by atoms with E-state index < -0.39 is 39.5 Å². The number of carbonyl (C=O) groups excluding carboxylic acids is 2. The van der Waals surface area contributed by atoms with Gasteiger partial charge >= 0.3 is 0 Å². The maximum Gasteiger partial charge on any atom is 0.231 e. The zero-order valence-corrected chi connectivity index (χ0v) is 19.6. The number of carbonyl (C=O) groups is 2. The predicted octanol–water partition coefficient (Wildman–Crippen LogP) is 7.39. The Bertz CT molecular complexity index is 1030.